The molecular formula is C24H15ClN2. The molecule has 0 fully saturated rings. The summed E-state index contributed by atoms with van der Waals surface area (Å²) in [5.41, 5.74) is 6.78. The van der Waals surface area contributed by atoms with Gasteiger partial charge in [-0.15, -0.1) is 0 Å². The molecule has 0 bridgehead atoms. The smallest absolute Gasteiger partial charge is 0.0667 e. The van der Waals surface area contributed by atoms with Crippen LogP contribution in [0.5, 0.6) is 0 Å². The van der Waals surface area contributed by atoms with Gasteiger partial charge in [-0.3, -0.25) is 4.09 Å². The first-order chi connectivity index (χ1) is 13.3. The van der Waals surface area contributed by atoms with Crippen molar-refractivity contribution in [2.45, 2.75) is 0 Å². The highest BCUT2D eigenvalue weighted by molar-refractivity contribution is 6.29. The Morgan fingerprint density at radius 1 is 0.593 bits per heavy atom. The van der Waals surface area contributed by atoms with Crippen molar-refractivity contribution in [2.75, 3.05) is 0 Å². The van der Waals surface area contributed by atoms with Gasteiger partial charge < -0.3 is 4.98 Å². The fourth-order valence-corrected chi connectivity index (χ4v) is 4.58. The molecule has 6 rings (SSSR count). The molecule has 2 heterocycles. The van der Waals surface area contributed by atoms with Crippen molar-refractivity contribution >= 4 is 55.4 Å². The van der Waals surface area contributed by atoms with Crippen molar-refractivity contribution in [3.8, 4) is 11.1 Å². The van der Waals surface area contributed by atoms with E-state index in [4.69, 9.17) is 11.8 Å². The second kappa shape index (κ2) is 5.38. The Kier molecular flexibility index (Phi) is 2.97. The molecule has 27 heavy (non-hydrogen) atoms. The quantitative estimate of drug-likeness (QED) is 0.320. The first-order valence-corrected chi connectivity index (χ1v) is 9.35. The number of nitrogens with zero attached hydrogens (tertiary/aromatic N) is 1. The van der Waals surface area contributed by atoms with Crippen molar-refractivity contribution < 1.29 is 0 Å². The fraction of sp³-hybridized carbons (Fsp3) is 0. The Hall–Kier alpha value is -3.23. The SMILES string of the molecule is Cln1c2ccccc2c2c(-c3cccc4c3[nH]c3ccccc34)cccc21. The molecule has 1 N–H and O–H groups in total. The normalized spacial score (nSPS) is 11.9. The van der Waals surface area contributed by atoms with Crippen LogP contribution < -0.4 is 0 Å². The van der Waals surface area contributed by atoms with E-state index in [0.29, 0.717) is 0 Å². The van der Waals surface area contributed by atoms with Crippen LogP contribution in [0.15, 0.2) is 84.9 Å². The predicted molar refractivity (Wildman–Crippen MR) is 115 cm³/mol. The zero-order valence-electron chi connectivity index (χ0n) is 14.4. The molecule has 0 saturated carbocycles. The molecule has 3 heteroatoms. The number of rotatable bonds is 1. The number of aromatic amines is 1. The van der Waals surface area contributed by atoms with Gasteiger partial charge in [-0.1, -0.05) is 66.7 Å². The third-order valence-corrected chi connectivity index (χ3v) is 5.83. The maximum atomic E-state index is 6.64. The van der Waals surface area contributed by atoms with Crippen LogP contribution in [0.2, 0.25) is 0 Å². The van der Waals surface area contributed by atoms with Gasteiger partial charge in [0.15, 0.2) is 0 Å². The molecule has 6 aromatic rings. The average molecular weight is 367 g/mol. The lowest BCUT2D eigenvalue weighted by Crippen LogP contribution is -1.83. The summed E-state index contributed by atoms with van der Waals surface area (Å²) < 4.78 is 1.76. The lowest BCUT2D eigenvalue weighted by Gasteiger charge is -2.07. The van der Waals surface area contributed by atoms with Gasteiger partial charge in [-0.05, 0) is 23.8 Å². The van der Waals surface area contributed by atoms with Crippen LogP contribution in [0.3, 0.4) is 0 Å². The minimum Gasteiger partial charge on any atom is -0.354 e. The largest absolute Gasteiger partial charge is 0.354 e. The van der Waals surface area contributed by atoms with Gasteiger partial charge in [0.1, 0.15) is 0 Å². The van der Waals surface area contributed by atoms with Crippen molar-refractivity contribution in [2.24, 2.45) is 0 Å². The monoisotopic (exact) mass is 366 g/mol. The second-order valence-corrected chi connectivity index (χ2v) is 7.23. The third-order valence-electron chi connectivity index (χ3n) is 5.47. The van der Waals surface area contributed by atoms with Gasteiger partial charge in [0.25, 0.3) is 0 Å². The highest BCUT2D eigenvalue weighted by Gasteiger charge is 2.16. The van der Waals surface area contributed by atoms with E-state index < -0.39 is 0 Å². The van der Waals surface area contributed by atoms with Crippen molar-refractivity contribution in [3.63, 3.8) is 0 Å². The first-order valence-electron chi connectivity index (χ1n) is 9.01. The highest BCUT2D eigenvalue weighted by atomic mass is 35.5. The molecular weight excluding hydrogens is 352 g/mol. The van der Waals surface area contributed by atoms with E-state index in [-0.39, 0.29) is 0 Å². The number of halogens is 1. The summed E-state index contributed by atoms with van der Waals surface area (Å²) in [5, 5.41) is 4.86. The molecule has 0 spiro atoms. The molecule has 0 radical (unpaired) electrons. The van der Waals surface area contributed by atoms with Crippen LogP contribution in [-0.2, 0) is 0 Å². The van der Waals surface area contributed by atoms with Crippen LogP contribution in [0.4, 0.5) is 0 Å². The van der Waals surface area contributed by atoms with Gasteiger partial charge in [0.2, 0.25) is 0 Å². The summed E-state index contributed by atoms with van der Waals surface area (Å²) in [6.07, 6.45) is 0. The van der Waals surface area contributed by atoms with Gasteiger partial charge in [0.05, 0.1) is 16.6 Å². The molecule has 0 saturated heterocycles. The minimum atomic E-state index is 1.03. The Morgan fingerprint density at radius 3 is 2.19 bits per heavy atom. The molecule has 2 aromatic heterocycles. The summed E-state index contributed by atoms with van der Waals surface area (Å²) >= 11 is 6.64. The van der Waals surface area contributed by atoms with E-state index in [1.165, 1.54) is 32.7 Å². The molecule has 128 valence electrons. The fourth-order valence-electron chi connectivity index (χ4n) is 4.29. The molecule has 0 unspecified atom stereocenters. The van der Waals surface area contributed by atoms with Crippen molar-refractivity contribution in [1.29, 1.82) is 0 Å². The van der Waals surface area contributed by atoms with E-state index >= 15 is 0 Å². The third kappa shape index (κ3) is 1.96. The number of hydrogen-bond acceptors (Lipinski definition) is 0. The Bertz CT molecular complexity index is 1490. The molecule has 4 aromatic carbocycles. The van der Waals surface area contributed by atoms with E-state index in [0.717, 1.165) is 22.1 Å². The maximum absolute atomic E-state index is 6.64. The molecule has 0 aliphatic carbocycles. The molecule has 0 aliphatic heterocycles. The average Bonchev–Trinajstić information content (AvgIpc) is 3.24. The highest BCUT2D eigenvalue weighted by Crippen LogP contribution is 2.40. The number of aromatic nitrogens is 2. The van der Waals surface area contributed by atoms with Crippen LogP contribution >= 0.6 is 11.8 Å². The zero-order valence-corrected chi connectivity index (χ0v) is 15.2. The summed E-state index contributed by atoms with van der Waals surface area (Å²) in [4.78, 5) is 3.62. The topological polar surface area (TPSA) is 20.7 Å². The number of nitrogens with one attached hydrogen (secondary N) is 1. The summed E-state index contributed by atoms with van der Waals surface area (Å²) in [6, 6.07) is 29.6. The second-order valence-electron chi connectivity index (χ2n) is 6.90. The molecule has 0 atom stereocenters. The Labute approximate surface area is 160 Å². The van der Waals surface area contributed by atoms with E-state index in [1.807, 2.05) is 6.07 Å². The van der Waals surface area contributed by atoms with Crippen LogP contribution in [0, 0.1) is 0 Å². The van der Waals surface area contributed by atoms with Crippen molar-refractivity contribution in [3.05, 3.63) is 84.9 Å². The van der Waals surface area contributed by atoms with Crippen molar-refractivity contribution in [1.82, 2.24) is 9.07 Å². The van der Waals surface area contributed by atoms with E-state index in [2.05, 4.69) is 83.8 Å². The van der Waals surface area contributed by atoms with Gasteiger partial charge in [0, 0.05) is 44.4 Å². The van der Waals surface area contributed by atoms with Gasteiger partial charge >= 0.3 is 0 Å². The van der Waals surface area contributed by atoms with Gasteiger partial charge in [-0.25, -0.2) is 0 Å². The molecule has 0 aliphatic rings. The maximum Gasteiger partial charge on any atom is 0.0667 e. The van der Waals surface area contributed by atoms with Crippen LogP contribution in [-0.4, -0.2) is 9.07 Å². The predicted octanol–water partition coefficient (Wildman–Crippen LogP) is 7.10. The van der Waals surface area contributed by atoms with E-state index in [9.17, 15) is 0 Å². The van der Waals surface area contributed by atoms with Crippen LogP contribution in [0.1, 0.15) is 0 Å². The van der Waals surface area contributed by atoms with Crippen LogP contribution in [0.25, 0.3) is 54.7 Å². The summed E-state index contributed by atoms with van der Waals surface area (Å²) in [6.45, 7) is 0. The lowest BCUT2D eigenvalue weighted by atomic mass is 9.97. The first kappa shape index (κ1) is 14.9. The summed E-state index contributed by atoms with van der Waals surface area (Å²) in [7, 11) is 0. The van der Waals surface area contributed by atoms with E-state index in [1.54, 1.807) is 4.09 Å². The molecule has 0 amide bonds. The number of fused-ring (bicyclic) bond motifs is 6. The zero-order chi connectivity index (χ0) is 18.0. The minimum absolute atomic E-state index is 1.03. The number of hydrogen-bond donors (Lipinski definition) is 1. The number of benzene rings is 4. The summed E-state index contributed by atoms with van der Waals surface area (Å²) in [5.74, 6) is 0. The molecule has 2 nitrogen and oxygen atoms in total. The lowest BCUT2D eigenvalue weighted by molar-refractivity contribution is 1.40. The number of para-hydroxylation sites is 3. The Balaban J connectivity index is 1.80. The Morgan fingerprint density at radius 2 is 1.26 bits per heavy atom. The standard InChI is InChI=1S/C24H15ClN2/c25-27-21-13-4-2-8-19(21)23-16(9-6-14-22(23)27)18-11-5-10-17-15-7-1-3-12-20(15)26-24(17)18/h1-14,26H. The number of H-pyrrole nitrogens is 1. The van der Waals surface area contributed by atoms with Gasteiger partial charge in [-0.2, -0.15) is 0 Å².